The average Bonchev–Trinajstić information content (AvgIpc) is 3.37. The first-order valence-electron chi connectivity index (χ1n) is 16.1. The molecule has 0 bridgehead atoms. The fourth-order valence-corrected chi connectivity index (χ4v) is 9.23. The molecule has 1 aliphatic heterocycles. The zero-order chi connectivity index (χ0) is 32.7. The molecule has 0 spiro atoms. The largest absolute Gasteiger partial charge is 0.261 e. The molecule has 0 N–H and O–H groups in total. The van der Waals surface area contributed by atoms with Gasteiger partial charge in [0.05, 0.1) is 6.54 Å². The summed E-state index contributed by atoms with van der Waals surface area (Å²) in [6.45, 7) is 9.04. The van der Waals surface area contributed by atoms with Gasteiger partial charge in [0, 0.05) is 36.1 Å². The Morgan fingerprint density at radius 1 is 0.604 bits per heavy atom. The summed E-state index contributed by atoms with van der Waals surface area (Å²) in [7, 11) is 0. The SMILES string of the molecule is C=NC(=NC(=NCc1ccc(-c2ccc3c(c2)C(C)(C)c2c-3ccc3c2Sc2ccccc2S3)cc1)c1ccccc1)c1ccccc1. The van der Waals surface area contributed by atoms with Crippen LogP contribution < -0.4 is 0 Å². The second kappa shape index (κ2) is 12.6. The third-order valence-electron chi connectivity index (χ3n) is 9.13. The quantitative estimate of drug-likeness (QED) is 0.137. The van der Waals surface area contributed by atoms with Crippen LogP contribution in [0.25, 0.3) is 22.3 Å². The minimum absolute atomic E-state index is 0.103. The lowest BCUT2D eigenvalue weighted by Crippen LogP contribution is -2.17. The van der Waals surface area contributed by atoms with E-state index in [0.29, 0.717) is 18.2 Å². The topological polar surface area (TPSA) is 37.1 Å². The second-order valence-corrected chi connectivity index (χ2v) is 14.6. The predicted octanol–water partition coefficient (Wildman–Crippen LogP) is 11.4. The summed E-state index contributed by atoms with van der Waals surface area (Å²) >= 11 is 3.82. The molecule has 0 amide bonds. The Bertz CT molecular complexity index is 2240. The third kappa shape index (κ3) is 5.53. The van der Waals surface area contributed by atoms with Crippen LogP contribution in [0.15, 0.2) is 174 Å². The lowest BCUT2D eigenvalue weighted by Gasteiger charge is -2.28. The van der Waals surface area contributed by atoms with Gasteiger partial charge in [0.1, 0.15) is 0 Å². The maximum absolute atomic E-state index is 4.96. The van der Waals surface area contributed by atoms with Crippen molar-refractivity contribution in [3.05, 3.63) is 167 Å². The first-order valence-corrected chi connectivity index (χ1v) is 17.7. The van der Waals surface area contributed by atoms with Gasteiger partial charge in [-0.25, -0.2) is 9.98 Å². The first kappa shape index (κ1) is 30.4. The Labute approximate surface area is 290 Å². The van der Waals surface area contributed by atoms with E-state index in [4.69, 9.17) is 9.98 Å². The van der Waals surface area contributed by atoms with E-state index in [0.717, 1.165) is 16.7 Å². The summed E-state index contributed by atoms with van der Waals surface area (Å²) in [4.78, 5) is 19.5. The van der Waals surface area contributed by atoms with E-state index in [1.165, 1.54) is 53.0 Å². The van der Waals surface area contributed by atoms with Crippen molar-refractivity contribution in [3.63, 3.8) is 0 Å². The zero-order valence-corrected chi connectivity index (χ0v) is 28.5. The predicted molar refractivity (Wildman–Crippen MR) is 203 cm³/mol. The minimum atomic E-state index is -0.103. The lowest BCUT2D eigenvalue weighted by atomic mass is 9.81. The van der Waals surface area contributed by atoms with Crippen LogP contribution in [0.4, 0.5) is 0 Å². The van der Waals surface area contributed by atoms with Crippen LogP contribution in [-0.2, 0) is 12.0 Å². The Kier molecular flexibility index (Phi) is 7.95. The molecule has 0 fully saturated rings. The summed E-state index contributed by atoms with van der Waals surface area (Å²) in [5.41, 5.74) is 10.8. The van der Waals surface area contributed by atoms with Crippen LogP contribution in [-0.4, -0.2) is 18.4 Å². The third-order valence-corrected chi connectivity index (χ3v) is 11.7. The van der Waals surface area contributed by atoms with E-state index in [9.17, 15) is 0 Å². The Morgan fingerprint density at radius 2 is 1.21 bits per heavy atom. The molecule has 0 atom stereocenters. The molecule has 0 saturated heterocycles. The van der Waals surface area contributed by atoms with E-state index in [1.54, 1.807) is 0 Å². The highest BCUT2D eigenvalue weighted by atomic mass is 32.2. The zero-order valence-electron chi connectivity index (χ0n) is 26.9. The molecular weight excluding hydrogens is 623 g/mol. The van der Waals surface area contributed by atoms with Crippen LogP contribution in [0.3, 0.4) is 0 Å². The van der Waals surface area contributed by atoms with Gasteiger partial charge < -0.3 is 0 Å². The molecule has 6 aromatic rings. The van der Waals surface area contributed by atoms with Gasteiger partial charge in [-0.3, -0.25) is 4.99 Å². The van der Waals surface area contributed by atoms with Gasteiger partial charge >= 0.3 is 0 Å². The Balaban J connectivity index is 1.07. The standard InChI is InChI=1S/C43H33N3S2/c1-43(2)35-26-32(22-23-33(35)34-24-25-38-40(39(34)43)48-37-17-11-10-16-36(37)47-38)29-20-18-28(19-21-29)27-45-42(31-14-8-5-9-15-31)46-41(44-3)30-12-6-4-7-13-30/h4-26H,3,27H2,1-2H3. The van der Waals surface area contributed by atoms with Crippen LogP contribution in [0.1, 0.15) is 41.7 Å². The number of aliphatic imine (C=N–C) groups is 3. The van der Waals surface area contributed by atoms with Crippen LogP contribution in [0.2, 0.25) is 0 Å². The highest BCUT2D eigenvalue weighted by Crippen LogP contribution is 2.58. The van der Waals surface area contributed by atoms with Gasteiger partial charge in [-0.1, -0.05) is 153 Å². The van der Waals surface area contributed by atoms with E-state index in [1.807, 2.05) is 84.2 Å². The van der Waals surface area contributed by atoms with Gasteiger partial charge in [-0.15, -0.1) is 0 Å². The lowest BCUT2D eigenvalue weighted by molar-refractivity contribution is 0.642. The maximum atomic E-state index is 4.96. The summed E-state index contributed by atoms with van der Waals surface area (Å²) < 4.78 is 0. The van der Waals surface area contributed by atoms with Crippen molar-refractivity contribution in [1.29, 1.82) is 0 Å². The van der Waals surface area contributed by atoms with Crippen LogP contribution >= 0.6 is 23.5 Å². The normalized spacial score (nSPS) is 14.5. The van der Waals surface area contributed by atoms with Crippen molar-refractivity contribution >= 4 is 41.9 Å². The summed E-state index contributed by atoms with van der Waals surface area (Å²) in [5.74, 6) is 1.19. The highest BCUT2D eigenvalue weighted by molar-refractivity contribution is 8.05. The van der Waals surface area contributed by atoms with Gasteiger partial charge in [-0.2, -0.15) is 0 Å². The fourth-order valence-electron chi connectivity index (χ4n) is 6.67. The number of hydrogen-bond donors (Lipinski definition) is 0. The molecule has 0 saturated carbocycles. The number of amidine groups is 2. The summed E-state index contributed by atoms with van der Waals surface area (Å²) in [6, 6.07) is 49.1. The van der Waals surface area contributed by atoms with Gasteiger partial charge in [0.15, 0.2) is 11.7 Å². The average molecular weight is 656 g/mol. The van der Waals surface area contributed by atoms with Gasteiger partial charge in [0.25, 0.3) is 0 Å². The molecule has 5 heteroatoms. The van der Waals surface area contributed by atoms with Crippen molar-refractivity contribution in [3.8, 4) is 22.3 Å². The van der Waals surface area contributed by atoms with Crippen molar-refractivity contribution in [2.75, 3.05) is 0 Å². The van der Waals surface area contributed by atoms with Crippen molar-refractivity contribution in [2.45, 2.75) is 45.4 Å². The molecular formula is C43H33N3S2. The molecule has 2 aliphatic rings. The minimum Gasteiger partial charge on any atom is -0.261 e. The van der Waals surface area contributed by atoms with Crippen molar-refractivity contribution < 1.29 is 0 Å². The number of benzene rings is 6. The molecule has 6 aromatic carbocycles. The number of hydrogen-bond acceptors (Lipinski definition) is 3. The van der Waals surface area contributed by atoms with Crippen LogP contribution in [0, 0.1) is 0 Å². The smallest absolute Gasteiger partial charge is 0.161 e. The van der Waals surface area contributed by atoms with Crippen molar-refractivity contribution in [2.24, 2.45) is 15.0 Å². The number of rotatable bonds is 5. The number of nitrogens with zero attached hydrogens (tertiary/aromatic N) is 3. The Morgan fingerprint density at radius 3 is 1.90 bits per heavy atom. The van der Waals surface area contributed by atoms with E-state index >= 15 is 0 Å². The monoisotopic (exact) mass is 655 g/mol. The van der Waals surface area contributed by atoms with Gasteiger partial charge in [-0.05, 0) is 69.9 Å². The fraction of sp³-hybridized carbons (Fsp3) is 0.0930. The van der Waals surface area contributed by atoms with E-state index < -0.39 is 0 Å². The maximum Gasteiger partial charge on any atom is 0.161 e. The van der Waals surface area contributed by atoms with E-state index in [-0.39, 0.29) is 5.41 Å². The molecule has 232 valence electrons. The molecule has 1 aliphatic carbocycles. The van der Waals surface area contributed by atoms with E-state index in [2.05, 4.69) is 104 Å². The van der Waals surface area contributed by atoms with Crippen molar-refractivity contribution in [1.82, 2.24) is 0 Å². The van der Waals surface area contributed by atoms with Gasteiger partial charge in [0.2, 0.25) is 0 Å². The first-order chi connectivity index (χ1) is 23.5. The molecule has 1 heterocycles. The molecule has 0 aromatic heterocycles. The molecule has 0 radical (unpaired) electrons. The number of fused-ring (bicyclic) bond motifs is 6. The Hall–Kier alpha value is -4.97. The molecule has 3 nitrogen and oxygen atoms in total. The summed E-state index contributed by atoms with van der Waals surface area (Å²) in [5, 5.41) is 0. The molecule has 48 heavy (non-hydrogen) atoms. The summed E-state index contributed by atoms with van der Waals surface area (Å²) in [6.07, 6.45) is 0. The molecule has 0 unspecified atom stereocenters. The second-order valence-electron chi connectivity index (χ2n) is 12.5. The van der Waals surface area contributed by atoms with Crippen LogP contribution in [0.5, 0.6) is 0 Å². The highest BCUT2D eigenvalue weighted by Gasteiger charge is 2.39. The molecule has 8 rings (SSSR count).